The number of amides is 1. The summed E-state index contributed by atoms with van der Waals surface area (Å²) in [6, 6.07) is 4.04. The van der Waals surface area contributed by atoms with Gasteiger partial charge in [-0.1, -0.05) is 0 Å². The Kier molecular flexibility index (Phi) is 5.41. The first kappa shape index (κ1) is 18.3. The Balaban J connectivity index is 1.65. The monoisotopic (exact) mass is 457 g/mol. The van der Waals surface area contributed by atoms with Crippen molar-refractivity contribution >= 4 is 34.3 Å². The van der Waals surface area contributed by atoms with Crippen LogP contribution >= 0.6 is 22.6 Å². The minimum Gasteiger partial charge on any atom is -0.475 e. The van der Waals surface area contributed by atoms with Gasteiger partial charge in [-0.15, -0.1) is 0 Å². The van der Waals surface area contributed by atoms with E-state index in [0.717, 1.165) is 34.4 Å². The Bertz CT molecular complexity index is 754. The molecule has 2 aromatic heterocycles. The molecule has 0 N–H and O–H groups in total. The van der Waals surface area contributed by atoms with Crippen molar-refractivity contribution in [1.82, 2.24) is 14.3 Å². The average Bonchev–Trinajstić information content (AvgIpc) is 2.84. The van der Waals surface area contributed by atoms with E-state index in [0.29, 0.717) is 13.1 Å². The molecule has 2 aromatic rings. The quantitative estimate of drug-likeness (QED) is 0.638. The molecule has 1 atom stereocenters. The second kappa shape index (κ2) is 7.39. The number of imidazole rings is 1. The van der Waals surface area contributed by atoms with E-state index < -0.39 is 5.60 Å². The van der Waals surface area contributed by atoms with Crippen LogP contribution in [0.4, 0.5) is 4.79 Å². The number of aromatic nitrogens is 2. The molecule has 0 saturated carbocycles. The average molecular weight is 457 g/mol. The van der Waals surface area contributed by atoms with Gasteiger partial charge in [0.25, 0.3) is 0 Å². The molecule has 1 amide bonds. The number of ether oxygens (including phenoxy) is 2. The van der Waals surface area contributed by atoms with Crippen molar-refractivity contribution in [3.05, 3.63) is 28.1 Å². The molecule has 0 unspecified atom stereocenters. The molecule has 6 nitrogen and oxygen atoms in total. The molecule has 1 fully saturated rings. The van der Waals surface area contributed by atoms with E-state index >= 15 is 0 Å². The van der Waals surface area contributed by atoms with Crippen molar-refractivity contribution in [1.29, 1.82) is 0 Å². The lowest BCUT2D eigenvalue weighted by molar-refractivity contribution is 0.0252. The van der Waals surface area contributed by atoms with Gasteiger partial charge in [0.05, 0.1) is 0 Å². The number of hydrogen-bond donors (Lipinski definition) is 0. The summed E-state index contributed by atoms with van der Waals surface area (Å²) >= 11 is 2.27. The van der Waals surface area contributed by atoms with Crippen LogP contribution in [0.2, 0.25) is 0 Å². The van der Waals surface area contributed by atoms with E-state index in [1.54, 1.807) is 11.1 Å². The fourth-order valence-corrected chi connectivity index (χ4v) is 3.46. The van der Waals surface area contributed by atoms with Crippen LogP contribution < -0.4 is 4.74 Å². The maximum atomic E-state index is 12.3. The summed E-state index contributed by atoms with van der Waals surface area (Å²) in [4.78, 5) is 18.4. The summed E-state index contributed by atoms with van der Waals surface area (Å²) in [6.07, 6.45) is 6.14. The summed E-state index contributed by atoms with van der Waals surface area (Å²) in [6.45, 7) is 7.03. The van der Waals surface area contributed by atoms with E-state index in [1.165, 1.54) is 0 Å². The summed E-state index contributed by atoms with van der Waals surface area (Å²) in [5.74, 6) is 0.801. The third-order valence-corrected chi connectivity index (χ3v) is 4.67. The van der Waals surface area contributed by atoms with Gasteiger partial charge in [-0.3, -0.25) is 4.40 Å². The Morgan fingerprint density at radius 2 is 2.08 bits per heavy atom. The molecule has 3 rings (SSSR count). The van der Waals surface area contributed by atoms with E-state index in [-0.39, 0.29) is 12.2 Å². The number of likely N-dealkylation sites (tertiary alicyclic amines) is 1. The fraction of sp³-hybridized carbons (Fsp3) is 0.556. The number of fused-ring (bicyclic) bond motifs is 1. The van der Waals surface area contributed by atoms with Gasteiger partial charge in [-0.2, -0.15) is 0 Å². The number of carbonyl (C=O) groups excluding carboxylic acids is 1. The number of halogens is 1. The molecule has 0 bridgehead atoms. The fourth-order valence-electron chi connectivity index (χ4n) is 2.91. The maximum Gasteiger partial charge on any atom is 0.410 e. The Labute approximate surface area is 161 Å². The Hall–Kier alpha value is -1.51. The second-order valence-electron chi connectivity index (χ2n) is 7.31. The Morgan fingerprint density at radius 1 is 1.28 bits per heavy atom. The summed E-state index contributed by atoms with van der Waals surface area (Å²) in [7, 11) is 0. The standard InChI is InChI=1S/C18H24IN3O3/c1-18(2,3)25-17(23)21-8-4-5-14(6-9-21)24-16-12-13(19)11-15-20-7-10-22(15)16/h7,10-12,14H,4-6,8-9H2,1-3H3/t14-/m1/s1. The van der Waals surface area contributed by atoms with Crippen molar-refractivity contribution in [2.24, 2.45) is 0 Å². The second-order valence-corrected chi connectivity index (χ2v) is 8.55. The van der Waals surface area contributed by atoms with Gasteiger partial charge < -0.3 is 14.4 Å². The van der Waals surface area contributed by atoms with Crippen LogP contribution in [0.5, 0.6) is 5.88 Å². The highest BCUT2D eigenvalue weighted by Gasteiger charge is 2.26. The summed E-state index contributed by atoms with van der Waals surface area (Å²) in [5.41, 5.74) is 0.415. The van der Waals surface area contributed by atoms with Crippen LogP contribution in [0.15, 0.2) is 24.5 Å². The maximum absolute atomic E-state index is 12.3. The molecule has 1 aliphatic heterocycles. The number of rotatable bonds is 2. The van der Waals surface area contributed by atoms with Gasteiger partial charge in [0, 0.05) is 41.5 Å². The normalized spacial score (nSPS) is 18.9. The number of carbonyl (C=O) groups is 1. The van der Waals surface area contributed by atoms with Gasteiger partial charge >= 0.3 is 6.09 Å². The van der Waals surface area contributed by atoms with Crippen molar-refractivity contribution in [3.63, 3.8) is 0 Å². The van der Waals surface area contributed by atoms with Crippen LogP contribution in [0.1, 0.15) is 40.0 Å². The van der Waals surface area contributed by atoms with Crippen molar-refractivity contribution in [3.8, 4) is 5.88 Å². The highest BCUT2D eigenvalue weighted by atomic mass is 127. The van der Waals surface area contributed by atoms with Crippen LogP contribution in [0, 0.1) is 3.57 Å². The highest BCUT2D eigenvalue weighted by Crippen LogP contribution is 2.23. The highest BCUT2D eigenvalue weighted by molar-refractivity contribution is 14.1. The lowest BCUT2D eigenvalue weighted by atomic mass is 10.2. The molecular formula is C18H24IN3O3. The molecule has 0 radical (unpaired) electrons. The molecule has 0 aromatic carbocycles. The van der Waals surface area contributed by atoms with Gasteiger partial charge in [0.1, 0.15) is 17.4 Å². The molecule has 1 aliphatic rings. The molecule has 3 heterocycles. The molecule has 25 heavy (non-hydrogen) atoms. The van der Waals surface area contributed by atoms with Crippen molar-refractivity contribution in [2.45, 2.75) is 51.7 Å². The van der Waals surface area contributed by atoms with Crippen LogP contribution in [-0.2, 0) is 4.74 Å². The molecule has 136 valence electrons. The van der Waals surface area contributed by atoms with Crippen LogP contribution in [0.3, 0.4) is 0 Å². The van der Waals surface area contributed by atoms with E-state index in [2.05, 4.69) is 27.6 Å². The predicted octanol–water partition coefficient (Wildman–Crippen LogP) is 4.11. The molecular weight excluding hydrogens is 433 g/mol. The predicted molar refractivity (Wildman–Crippen MR) is 104 cm³/mol. The number of hydrogen-bond acceptors (Lipinski definition) is 4. The van der Waals surface area contributed by atoms with Gasteiger partial charge in [-0.25, -0.2) is 9.78 Å². The zero-order valence-corrected chi connectivity index (χ0v) is 17.0. The van der Waals surface area contributed by atoms with Gasteiger partial charge in [-0.05, 0) is 62.3 Å². The number of pyridine rings is 1. The Morgan fingerprint density at radius 3 is 2.84 bits per heavy atom. The van der Waals surface area contributed by atoms with Gasteiger partial charge in [0.2, 0.25) is 5.88 Å². The van der Waals surface area contributed by atoms with Crippen LogP contribution in [0.25, 0.3) is 5.65 Å². The van der Waals surface area contributed by atoms with Gasteiger partial charge in [0.15, 0.2) is 0 Å². The van der Waals surface area contributed by atoms with E-state index in [4.69, 9.17) is 9.47 Å². The molecule has 1 saturated heterocycles. The first-order valence-electron chi connectivity index (χ1n) is 8.59. The minimum absolute atomic E-state index is 0.0798. The van der Waals surface area contributed by atoms with Crippen molar-refractivity contribution in [2.75, 3.05) is 13.1 Å². The van der Waals surface area contributed by atoms with Crippen molar-refractivity contribution < 1.29 is 14.3 Å². The smallest absolute Gasteiger partial charge is 0.410 e. The molecule has 7 heteroatoms. The molecule has 0 aliphatic carbocycles. The molecule has 0 spiro atoms. The third-order valence-electron chi connectivity index (χ3n) is 4.05. The zero-order chi connectivity index (χ0) is 18.0. The van der Waals surface area contributed by atoms with Crippen LogP contribution in [-0.4, -0.2) is 45.2 Å². The largest absolute Gasteiger partial charge is 0.475 e. The van der Waals surface area contributed by atoms with E-state index in [9.17, 15) is 4.79 Å². The topological polar surface area (TPSA) is 56.1 Å². The third kappa shape index (κ3) is 4.77. The lowest BCUT2D eigenvalue weighted by Gasteiger charge is -2.26. The SMILES string of the molecule is CC(C)(C)OC(=O)N1CCC[C@@H](Oc2cc(I)cc3nccn23)CC1. The van der Waals surface area contributed by atoms with E-state index in [1.807, 2.05) is 43.5 Å². The lowest BCUT2D eigenvalue weighted by Crippen LogP contribution is -2.37. The number of nitrogens with zero attached hydrogens (tertiary/aromatic N) is 3. The summed E-state index contributed by atoms with van der Waals surface area (Å²) < 4.78 is 14.8. The first-order chi connectivity index (χ1) is 11.8. The first-order valence-corrected chi connectivity index (χ1v) is 9.67. The summed E-state index contributed by atoms with van der Waals surface area (Å²) in [5, 5.41) is 0. The zero-order valence-electron chi connectivity index (χ0n) is 14.9. The minimum atomic E-state index is -0.465.